The molecule has 4 N–H and O–H groups in total. The van der Waals surface area contributed by atoms with Crippen LogP contribution < -0.4 is 5.32 Å². The number of aliphatic hydroxyl groups excluding tert-OH is 2. The van der Waals surface area contributed by atoms with Crippen molar-refractivity contribution in [2.45, 2.75) is 18.8 Å². The molecule has 10 heteroatoms. The lowest BCUT2D eigenvalue weighted by atomic mass is 10.0. The zero-order valence-electron chi connectivity index (χ0n) is 13.9. The number of alkyl carbamates (subject to hydrolysis) is 1. The van der Waals surface area contributed by atoms with Gasteiger partial charge in [-0.15, -0.1) is 0 Å². The lowest BCUT2D eigenvalue weighted by Crippen LogP contribution is -2.35. The summed E-state index contributed by atoms with van der Waals surface area (Å²) in [6, 6.07) is 9.95. The van der Waals surface area contributed by atoms with Crippen LogP contribution in [0.2, 0.25) is 0 Å². The van der Waals surface area contributed by atoms with Gasteiger partial charge in [0.2, 0.25) is 5.75 Å². The summed E-state index contributed by atoms with van der Waals surface area (Å²) >= 11 is 0. The van der Waals surface area contributed by atoms with E-state index in [9.17, 15) is 34.6 Å². The van der Waals surface area contributed by atoms with E-state index in [0.717, 1.165) is 5.56 Å². The molecule has 0 aliphatic carbocycles. The van der Waals surface area contributed by atoms with Gasteiger partial charge in [0.1, 0.15) is 24.6 Å². The number of nitrogens with zero attached hydrogens (tertiary/aromatic N) is 1. The molecule has 0 aromatic heterocycles. The van der Waals surface area contributed by atoms with Crippen LogP contribution in [0.3, 0.4) is 0 Å². The van der Waals surface area contributed by atoms with Gasteiger partial charge < -0.3 is 25.4 Å². The maximum Gasteiger partial charge on any atom is 0.407 e. The number of halogens is 1. The molecule has 2 aromatic rings. The number of ether oxygens (including phenoxy) is 1. The minimum Gasteiger partial charge on any atom is -0.502 e. The Hall–Kier alpha value is -3.24. The van der Waals surface area contributed by atoms with Crippen molar-refractivity contribution < 1.29 is 34.2 Å². The molecular formula is C17H17FN2O7. The fourth-order valence-electron chi connectivity index (χ4n) is 2.25. The van der Waals surface area contributed by atoms with Crippen LogP contribution in [0.25, 0.3) is 0 Å². The predicted molar refractivity (Wildman–Crippen MR) is 90.3 cm³/mol. The second-order valence-electron chi connectivity index (χ2n) is 5.57. The molecule has 0 aliphatic rings. The fraction of sp³-hybridized carbons (Fsp3) is 0.235. The van der Waals surface area contributed by atoms with Crippen LogP contribution in [-0.2, 0) is 11.3 Å². The summed E-state index contributed by atoms with van der Waals surface area (Å²) in [5, 5.41) is 42.7. The number of carbonyl (C=O) groups excluding carboxylic acids is 1. The Kier molecular flexibility index (Phi) is 6.63. The summed E-state index contributed by atoms with van der Waals surface area (Å²) in [6.45, 7) is -0.513. The van der Waals surface area contributed by atoms with E-state index in [1.807, 2.05) is 0 Å². The van der Waals surface area contributed by atoms with Crippen molar-refractivity contribution in [2.75, 3.05) is 6.54 Å². The number of nitro groups is 1. The molecule has 144 valence electrons. The van der Waals surface area contributed by atoms with Gasteiger partial charge in [-0.2, -0.15) is 0 Å². The molecule has 9 nitrogen and oxygen atoms in total. The summed E-state index contributed by atoms with van der Waals surface area (Å²) in [5.41, 5.74) is -0.787. The molecule has 0 saturated heterocycles. The van der Waals surface area contributed by atoms with Gasteiger partial charge in [-0.3, -0.25) is 10.1 Å². The van der Waals surface area contributed by atoms with Crippen LogP contribution in [0.1, 0.15) is 17.2 Å². The average molecular weight is 380 g/mol. The Balaban J connectivity index is 1.94. The topological polar surface area (TPSA) is 142 Å². The first-order valence-corrected chi connectivity index (χ1v) is 7.77. The summed E-state index contributed by atoms with van der Waals surface area (Å²) in [4.78, 5) is 21.4. The van der Waals surface area contributed by atoms with Crippen LogP contribution in [0, 0.1) is 15.9 Å². The molecule has 2 aromatic carbocycles. The highest BCUT2D eigenvalue weighted by Crippen LogP contribution is 2.35. The first-order valence-electron chi connectivity index (χ1n) is 7.77. The molecular weight excluding hydrogens is 363 g/mol. The van der Waals surface area contributed by atoms with Crippen LogP contribution in [0.15, 0.2) is 42.5 Å². The Labute approximate surface area is 152 Å². The maximum absolute atomic E-state index is 13.5. The monoisotopic (exact) mass is 380 g/mol. The number of benzene rings is 2. The molecule has 0 radical (unpaired) electrons. The molecule has 0 heterocycles. The number of carbonyl (C=O) groups is 1. The van der Waals surface area contributed by atoms with E-state index in [-0.39, 0.29) is 6.61 Å². The third-order valence-corrected chi connectivity index (χ3v) is 3.63. The smallest absolute Gasteiger partial charge is 0.407 e. The van der Waals surface area contributed by atoms with Gasteiger partial charge in [0.05, 0.1) is 11.0 Å². The number of nitro benzene ring substituents is 1. The number of aromatic hydroxyl groups is 1. The standard InChI is InChI=1S/C17H17FN2O7/c18-11-6-12(15(22)13(7-11)20(25)26)16(23)14(21)8-19-17(24)27-9-10-4-2-1-3-5-10/h1-7,14,16,21-23H,8-9H2,(H,19,24). The molecule has 0 aliphatic heterocycles. The minimum absolute atomic E-state index is 0.0117. The fourth-order valence-corrected chi connectivity index (χ4v) is 2.25. The van der Waals surface area contributed by atoms with E-state index in [0.29, 0.717) is 12.1 Å². The average Bonchev–Trinajstić information content (AvgIpc) is 2.66. The highest BCUT2D eigenvalue weighted by atomic mass is 19.1. The van der Waals surface area contributed by atoms with Crippen molar-refractivity contribution in [3.8, 4) is 5.75 Å². The van der Waals surface area contributed by atoms with Gasteiger partial charge >= 0.3 is 11.8 Å². The third-order valence-electron chi connectivity index (χ3n) is 3.63. The van der Waals surface area contributed by atoms with Gasteiger partial charge in [-0.05, 0) is 11.6 Å². The van der Waals surface area contributed by atoms with Crippen LogP contribution in [0.5, 0.6) is 5.75 Å². The van der Waals surface area contributed by atoms with Crippen molar-refractivity contribution >= 4 is 11.8 Å². The molecule has 2 atom stereocenters. The first-order chi connectivity index (χ1) is 12.8. The lowest BCUT2D eigenvalue weighted by molar-refractivity contribution is -0.386. The van der Waals surface area contributed by atoms with E-state index in [1.165, 1.54) is 0 Å². The number of phenolic OH excluding ortho intramolecular Hbond substituents is 1. The van der Waals surface area contributed by atoms with E-state index in [1.54, 1.807) is 30.3 Å². The zero-order chi connectivity index (χ0) is 20.0. The zero-order valence-corrected chi connectivity index (χ0v) is 13.9. The summed E-state index contributed by atoms with van der Waals surface area (Å²) < 4.78 is 18.4. The normalized spacial score (nSPS) is 12.9. The molecule has 0 bridgehead atoms. The van der Waals surface area contributed by atoms with Crippen molar-refractivity contribution in [1.29, 1.82) is 0 Å². The Morgan fingerprint density at radius 3 is 2.56 bits per heavy atom. The first kappa shape index (κ1) is 20.1. The number of aliphatic hydroxyl groups is 2. The third kappa shape index (κ3) is 5.36. The van der Waals surface area contributed by atoms with Gasteiger partial charge in [0, 0.05) is 12.1 Å². The van der Waals surface area contributed by atoms with Crippen LogP contribution in [0.4, 0.5) is 14.9 Å². The number of hydrogen-bond donors (Lipinski definition) is 4. The second-order valence-corrected chi connectivity index (χ2v) is 5.57. The number of phenols is 1. The minimum atomic E-state index is -1.88. The van der Waals surface area contributed by atoms with Gasteiger partial charge in [-0.25, -0.2) is 9.18 Å². The molecule has 0 saturated carbocycles. The molecule has 1 amide bonds. The SMILES string of the molecule is O=C(NCC(O)C(O)c1cc(F)cc([N+](=O)[O-])c1O)OCc1ccccc1. The van der Waals surface area contributed by atoms with Crippen molar-refractivity contribution in [2.24, 2.45) is 0 Å². The van der Waals surface area contributed by atoms with E-state index < -0.39 is 52.6 Å². The highest BCUT2D eigenvalue weighted by molar-refractivity contribution is 5.67. The van der Waals surface area contributed by atoms with Gasteiger partial charge in [0.15, 0.2) is 0 Å². The molecule has 2 unspecified atom stereocenters. The van der Waals surface area contributed by atoms with Crippen LogP contribution >= 0.6 is 0 Å². The van der Waals surface area contributed by atoms with E-state index >= 15 is 0 Å². The van der Waals surface area contributed by atoms with Crippen molar-refractivity contribution in [3.63, 3.8) is 0 Å². The number of amides is 1. The summed E-state index contributed by atoms with van der Waals surface area (Å²) in [6.07, 6.45) is -4.44. The van der Waals surface area contributed by atoms with Crippen LogP contribution in [-0.4, -0.2) is 39.0 Å². The Morgan fingerprint density at radius 1 is 1.26 bits per heavy atom. The molecule has 0 spiro atoms. The van der Waals surface area contributed by atoms with Crippen molar-refractivity contribution in [3.05, 3.63) is 69.5 Å². The van der Waals surface area contributed by atoms with Crippen molar-refractivity contribution in [1.82, 2.24) is 5.32 Å². The van der Waals surface area contributed by atoms with E-state index in [4.69, 9.17) is 4.74 Å². The van der Waals surface area contributed by atoms with Gasteiger partial charge in [-0.1, -0.05) is 30.3 Å². The van der Waals surface area contributed by atoms with E-state index in [2.05, 4.69) is 5.32 Å². The maximum atomic E-state index is 13.5. The molecule has 2 rings (SSSR count). The number of nitrogens with one attached hydrogen (secondary N) is 1. The highest BCUT2D eigenvalue weighted by Gasteiger charge is 2.28. The largest absolute Gasteiger partial charge is 0.502 e. The lowest BCUT2D eigenvalue weighted by Gasteiger charge is -2.19. The van der Waals surface area contributed by atoms with Gasteiger partial charge in [0.25, 0.3) is 0 Å². The molecule has 0 fully saturated rings. The second kappa shape index (κ2) is 8.92. The summed E-state index contributed by atoms with van der Waals surface area (Å²) in [7, 11) is 0. The molecule has 27 heavy (non-hydrogen) atoms. The number of rotatable bonds is 7. The Morgan fingerprint density at radius 2 is 1.93 bits per heavy atom. The quantitative estimate of drug-likeness (QED) is 0.423. The number of hydrogen-bond acceptors (Lipinski definition) is 7. The Bertz CT molecular complexity index is 816. The predicted octanol–water partition coefficient (Wildman–Crippen LogP) is 1.76. The summed E-state index contributed by atoms with van der Waals surface area (Å²) in [5.74, 6) is -2.05.